The molecule has 0 aliphatic rings. The van der Waals surface area contributed by atoms with E-state index in [2.05, 4.69) is 22.6 Å². The molecule has 0 atom stereocenters. The van der Waals surface area contributed by atoms with Crippen LogP contribution >= 0.6 is 0 Å². The lowest BCUT2D eigenvalue weighted by Crippen LogP contribution is -1.97. The Morgan fingerprint density at radius 3 is 1.50 bits per heavy atom. The standard InChI is InChI=1S/C3H6O3.C2H4/c1-5-3(4)6-2;1-2/h1-2H3;1-2H2. The highest BCUT2D eigenvalue weighted by Gasteiger charge is 1.88. The van der Waals surface area contributed by atoms with E-state index in [0.717, 1.165) is 0 Å². The molecule has 0 aliphatic carbocycles. The van der Waals surface area contributed by atoms with Gasteiger partial charge in [-0.05, 0) is 0 Å². The molecule has 3 heteroatoms. The molecule has 0 bridgehead atoms. The first-order chi connectivity index (χ1) is 3.81. The molecular formula is C5H10O3. The molecule has 0 aromatic rings. The summed E-state index contributed by atoms with van der Waals surface area (Å²) in [4.78, 5) is 9.74. The van der Waals surface area contributed by atoms with Crippen LogP contribution in [0.1, 0.15) is 0 Å². The number of ether oxygens (including phenoxy) is 2. The Kier molecular flexibility index (Phi) is 11.8. The second kappa shape index (κ2) is 9.38. The van der Waals surface area contributed by atoms with Crippen molar-refractivity contribution in [3.8, 4) is 0 Å². The van der Waals surface area contributed by atoms with Crippen LogP contribution in [0.5, 0.6) is 0 Å². The van der Waals surface area contributed by atoms with Crippen molar-refractivity contribution in [3.63, 3.8) is 0 Å². The molecule has 0 aromatic carbocycles. The molecule has 0 rings (SSSR count). The molecule has 8 heavy (non-hydrogen) atoms. The van der Waals surface area contributed by atoms with Crippen LogP contribution in [0.25, 0.3) is 0 Å². The number of methoxy groups -OCH3 is 2. The third kappa shape index (κ3) is 8.89. The molecule has 48 valence electrons. The maximum atomic E-state index is 9.74. The van der Waals surface area contributed by atoms with Gasteiger partial charge in [0.05, 0.1) is 14.2 Å². The van der Waals surface area contributed by atoms with Crippen molar-refractivity contribution in [2.45, 2.75) is 0 Å². The van der Waals surface area contributed by atoms with Crippen LogP contribution in [-0.2, 0) is 9.47 Å². The zero-order valence-electron chi connectivity index (χ0n) is 5.14. The van der Waals surface area contributed by atoms with Gasteiger partial charge < -0.3 is 9.47 Å². The van der Waals surface area contributed by atoms with E-state index in [1.165, 1.54) is 14.2 Å². The molecular weight excluding hydrogens is 108 g/mol. The largest absolute Gasteiger partial charge is 0.507 e. The van der Waals surface area contributed by atoms with Crippen molar-refractivity contribution in [1.82, 2.24) is 0 Å². The van der Waals surface area contributed by atoms with Gasteiger partial charge in [-0.2, -0.15) is 0 Å². The lowest BCUT2D eigenvalue weighted by Gasteiger charge is -1.89. The predicted molar refractivity (Wildman–Crippen MR) is 30.7 cm³/mol. The van der Waals surface area contributed by atoms with Crippen LogP contribution in [0.2, 0.25) is 0 Å². The summed E-state index contributed by atoms with van der Waals surface area (Å²) < 4.78 is 8.08. The van der Waals surface area contributed by atoms with E-state index in [1.54, 1.807) is 0 Å². The van der Waals surface area contributed by atoms with Crippen molar-refractivity contribution in [2.75, 3.05) is 14.2 Å². The Bertz CT molecular complexity index is 54.7. The third-order valence-electron chi connectivity index (χ3n) is 0.333. The van der Waals surface area contributed by atoms with Crippen LogP contribution in [-0.4, -0.2) is 20.4 Å². The normalized spacial score (nSPS) is 5.75. The van der Waals surface area contributed by atoms with Gasteiger partial charge in [0.15, 0.2) is 0 Å². The second-order valence-electron chi connectivity index (χ2n) is 0.658. The average molecular weight is 118 g/mol. The number of carbonyl (C=O) groups is 1. The van der Waals surface area contributed by atoms with Crippen molar-refractivity contribution in [1.29, 1.82) is 0 Å². The fourth-order valence-corrected chi connectivity index (χ4v) is 0.0833. The molecule has 0 fully saturated rings. The molecule has 0 heterocycles. The first-order valence-electron chi connectivity index (χ1n) is 1.93. The number of hydrogen-bond acceptors (Lipinski definition) is 3. The Morgan fingerprint density at radius 1 is 1.25 bits per heavy atom. The van der Waals surface area contributed by atoms with E-state index in [0.29, 0.717) is 0 Å². The third-order valence-corrected chi connectivity index (χ3v) is 0.333. The monoisotopic (exact) mass is 118 g/mol. The van der Waals surface area contributed by atoms with Crippen LogP contribution in [0.3, 0.4) is 0 Å². The Balaban J connectivity index is 0. The van der Waals surface area contributed by atoms with Gasteiger partial charge in [-0.15, -0.1) is 13.2 Å². The molecule has 0 unspecified atom stereocenters. The van der Waals surface area contributed by atoms with Gasteiger partial charge in [0.2, 0.25) is 0 Å². The molecule has 0 saturated heterocycles. The van der Waals surface area contributed by atoms with E-state index >= 15 is 0 Å². The Morgan fingerprint density at radius 2 is 1.50 bits per heavy atom. The zero-order chi connectivity index (χ0) is 6.99. The number of hydrogen-bond donors (Lipinski definition) is 0. The van der Waals surface area contributed by atoms with Gasteiger partial charge in [-0.1, -0.05) is 0 Å². The van der Waals surface area contributed by atoms with Crippen LogP contribution in [0, 0.1) is 0 Å². The first kappa shape index (κ1) is 10.1. The topological polar surface area (TPSA) is 35.5 Å². The van der Waals surface area contributed by atoms with Crippen molar-refractivity contribution >= 4 is 6.16 Å². The summed E-state index contributed by atoms with van der Waals surface area (Å²) in [5.41, 5.74) is 0. The quantitative estimate of drug-likeness (QED) is 0.354. The van der Waals surface area contributed by atoms with Crippen LogP contribution in [0.4, 0.5) is 4.79 Å². The van der Waals surface area contributed by atoms with E-state index in [4.69, 9.17) is 0 Å². The molecule has 0 saturated carbocycles. The summed E-state index contributed by atoms with van der Waals surface area (Å²) in [5, 5.41) is 0. The molecule has 0 amide bonds. The van der Waals surface area contributed by atoms with E-state index < -0.39 is 6.16 Å². The van der Waals surface area contributed by atoms with E-state index in [-0.39, 0.29) is 0 Å². The summed E-state index contributed by atoms with van der Waals surface area (Å²) in [6, 6.07) is 0. The summed E-state index contributed by atoms with van der Waals surface area (Å²) in [5.74, 6) is 0. The fraction of sp³-hybridized carbons (Fsp3) is 0.400. The molecule has 0 N–H and O–H groups in total. The highest BCUT2D eigenvalue weighted by Crippen LogP contribution is 1.72. The minimum atomic E-state index is -0.657. The number of carbonyl (C=O) groups excluding carboxylic acids is 1. The molecule has 0 aromatic heterocycles. The molecule has 0 radical (unpaired) electrons. The van der Waals surface area contributed by atoms with Gasteiger partial charge >= 0.3 is 6.16 Å². The average Bonchev–Trinajstić information content (AvgIpc) is 1.91. The molecule has 3 nitrogen and oxygen atoms in total. The van der Waals surface area contributed by atoms with Crippen LogP contribution < -0.4 is 0 Å². The minimum Gasteiger partial charge on any atom is -0.438 e. The second-order valence-corrected chi connectivity index (χ2v) is 0.658. The van der Waals surface area contributed by atoms with Crippen molar-refractivity contribution in [2.24, 2.45) is 0 Å². The molecule has 0 spiro atoms. The van der Waals surface area contributed by atoms with Gasteiger partial charge in [-0.3, -0.25) is 0 Å². The van der Waals surface area contributed by atoms with Crippen molar-refractivity contribution in [3.05, 3.63) is 13.2 Å². The van der Waals surface area contributed by atoms with E-state index in [1.807, 2.05) is 0 Å². The predicted octanol–water partition coefficient (Wildman–Crippen LogP) is 1.20. The van der Waals surface area contributed by atoms with Gasteiger partial charge in [0.1, 0.15) is 0 Å². The van der Waals surface area contributed by atoms with Gasteiger partial charge in [-0.25, -0.2) is 4.79 Å². The maximum absolute atomic E-state index is 9.74. The molecule has 0 aliphatic heterocycles. The summed E-state index contributed by atoms with van der Waals surface area (Å²) in [6.07, 6.45) is -0.657. The van der Waals surface area contributed by atoms with Crippen molar-refractivity contribution < 1.29 is 14.3 Å². The van der Waals surface area contributed by atoms with E-state index in [9.17, 15) is 4.79 Å². The number of rotatable bonds is 0. The Hall–Kier alpha value is -0.990. The highest BCUT2D eigenvalue weighted by molar-refractivity contribution is 5.59. The lowest BCUT2D eigenvalue weighted by molar-refractivity contribution is 0.0924. The lowest BCUT2D eigenvalue weighted by atomic mass is 11.3. The summed E-state index contributed by atoms with van der Waals surface area (Å²) in [7, 11) is 2.51. The summed E-state index contributed by atoms with van der Waals surface area (Å²) >= 11 is 0. The van der Waals surface area contributed by atoms with Gasteiger partial charge in [0.25, 0.3) is 0 Å². The zero-order valence-corrected chi connectivity index (χ0v) is 5.14. The fourth-order valence-electron chi connectivity index (χ4n) is 0.0833. The first-order valence-corrected chi connectivity index (χ1v) is 1.93. The van der Waals surface area contributed by atoms with Crippen LogP contribution in [0.15, 0.2) is 13.2 Å². The minimum absolute atomic E-state index is 0.657. The van der Waals surface area contributed by atoms with Gasteiger partial charge in [0, 0.05) is 0 Å². The Labute approximate surface area is 48.9 Å². The maximum Gasteiger partial charge on any atom is 0.507 e. The highest BCUT2D eigenvalue weighted by atomic mass is 16.7. The smallest absolute Gasteiger partial charge is 0.438 e. The summed E-state index contributed by atoms with van der Waals surface area (Å²) in [6.45, 7) is 6.00. The SMILES string of the molecule is C=C.COC(=O)OC.